The maximum atomic E-state index is 5.97. The molecule has 0 unspecified atom stereocenters. The van der Waals surface area contributed by atoms with Gasteiger partial charge in [-0.1, -0.05) is 23.7 Å². The smallest absolute Gasteiger partial charge is 0.199 e. The van der Waals surface area contributed by atoms with Gasteiger partial charge in [-0.15, -0.1) is 0 Å². The number of aromatic nitrogens is 5. The molecule has 0 spiro atoms. The van der Waals surface area contributed by atoms with Crippen LogP contribution < -0.4 is 0 Å². The molecule has 1 aromatic carbocycles. The number of benzene rings is 1. The van der Waals surface area contributed by atoms with Crippen LogP contribution in [0, 0.1) is 11.7 Å². The summed E-state index contributed by atoms with van der Waals surface area (Å²) in [6.07, 6.45) is 3.05. The summed E-state index contributed by atoms with van der Waals surface area (Å²) in [5.74, 6) is 1.81. The zero-order valence-corrected chi connectivity index (χ0v) is 14.4. The van der Waals surface area contributed by atoms with E-state index in [1.54, 1.807) is 4.68 Å². The van der Waals surface area contributed by atoms with Crippen LogP contribution in [-0.2, 0) is 7.05 Å². The van der Waals surface area contributed by atoms with E-state index in [2.05, 4.69) is 27.4 Å². The SMILES string of the molecule is Cc1nn(C)cc1-n1c([C@H]2C[C@H]2c2ccc(Cl)cc2)n[nH]c1=S. The van der Waals surface area contributed by atoms with Crippen LogP contribution in [0.4, 0.5) is 0 Å². The highest BCUT2D eigenvalue weighted by Crippen LogP contribution is 2.54. The minimum Gasteiger partial charge on any atom is -0.273 e. The number of hydrogen-bond acceptors (Lipinski definition) is 3. The number of H-pyrrole nitrogens is 1. The quantitative estimate of drug-likeness (QED) is 0.732. The molecule has 2 heterocycles. The van der Waals surface area contributed by atoms with Crippen LogP contribution in [0.2, 0.25) is 5.02 Å². The number of rotatable bonds is 3. The predicted octanol–water partition coefficient (Wildman–Crippen LogP) is 3.90. The van der Waals surface area contributed by atoms with Crippen LogP contribution in [0.25, 0.3) is 5.69 Å². The highest BCUT2D eigenvalue weighted by atomic mass is 35.5. The van der Waals surface area contributed by atoms with Crippen molar-refractivity contribution >= 4 is 23.8 Å². The van der Waals surface area contributed by atoms with Crippen LogP contribution in [0.15, 0.2) is 30.5 Å². The Hall–Kier alpha value is -1.92. The van der Waals surface area contributed by atoms with Gasteiger partial charge in [-0.25, -0.2) is 0 Å². The van der Waals surface area contributed by atoms with Crippen molar-refractivity contribution in [3.63, 3.8) is 0 Å². The fourth-order valence-corrected chi connectivity index (χ4v) is 3.52. The Balaban J connectivity index is 1.71. The summed E-state index contributed by atoms with van der Waals surface area (Å²) in [5.41, 5.74) is 3.22. The van der Waals surface area contributed by atoms with Gasteiger partial charge in [0, 0.05) is 24.2 Å². The monoisotopic (exact) mass is 345 g/mol. The normalized spacial score (nSPS) is 20.0. The first-order valence-electron chi connectivity index (χ1n) is 7.48. The molecule has 118 valence electrons. The molecule has 1 fully saturated rings. The lowest BCUT2D eigenvalue weighted by atomic mass is 10.1. The first-order valence-corrected chi connectivity index (χ1v) is 8.26. The second-order valence-electron chi connectivity index (χ2n) is 6.00. The average molecular weight is 346 g/mol. The summed E-state index contributed by atoms with van der Waals surface area (Å²) < 4.78 is 4.42. The predicted molar refractivity (Wildman–Crippen MR) is 91.8 cm³/mol. The van der Waals surface area contributed by atoms with Gasteiger partial charge in [0.2, 0.25) is 0 Å². The first kappa shape index (κ1) is 14.7. The topological polar surface area (TPSA) is 51.4 Å². The lowest BCUT2D eigenvalue weighted by molar-refractivity contribution is 0.756. The Labute approximate surface area is 143 Å². The molecule has 1 saturated carbocycles. The van der Waals surface area contributed by atoms with Crippen molar-refractivity contribution in [2.45, 2.75) is 25.2 Å². The van der Waals surface area contributed by atoms with E-state index in [0.29, 0.717) is 16.6 Å². The average Bonchev–Trinajstić information content (AvgIpc) is 3.11. The Morgan fingerprint density at radius 1 is 1.26 bits per heavy atom. The molecule has 3 aromatic rings. The zero-order chi connectivity index (χ0) is 16.1. The molecule has 0 aliphatic heterocycles. The van der Waals surface area contributed by atoms with Gasteiger partial charge in [-0.05, 0) is 49.2 Å². The summed E-state index contributed by atoms with van der Waals surface area (Å²) in [6, 6.07) is 8.06. The standard InChI is InChI=1S/C16H16ClN5S/c1-9-14(8-21(2)20-9)22-15(18-19-16(22)23)13-7-12(13)10-3-5-11(17)6-4-10/h3-6,8,12-13H,7H2,1-2H3,(H,19,23)/t12-,13-/m0/s1. The van der Waals surface area contributed by atoms with Gasteiger partial charge in [0.15, 0.2) is 4.77 Å². The number of nitrogens with one attached hydrogen (secondary N) is 1. The molecule has 0 bridgehead atoms. The fraction of sp³-hybridized carbons (Fsp3) is 0.312. The third kappa shape index (κ3) is 2.52. The molecule has 0 radical (unpaired) electrons. The largest absolute Gasteiger partial charge is 0.273 e. The maximum Gasteiger partial charge on any atom is 0.199 e. The van der Waals surface area contributed by atoms with Gasteiger partial charge < -0.3 is 0 Å². The van der Waals surface area contributed by atoms with E-state index in [0.717, 1.165) is 28.6 Å². The van der Waals surface area contributed by atoms with Gasteiger partial charge >= 0.3 is 0 Å². The van der Waals surface area contributed by atoms with E-state index in [9.17, 15) is 0 Å². The molecule has 23 heavy (non-hydrogen) atoms. The van der Waals surface area contributed by atoms with Gasteiger partial charge in [-0.2, -0.15) is 10.2 Å². The van der Waals surface area contributed by atoms with Crippen LogP contribution >= 0.6 is 23.8 Å². The third-order valence-electron chi connectivity index (χ3n) is 4.35. The summed E-state index contributed by atoms with van der Waals surface area (Å²) in [7, 11) is 1.91. The Kier molecular flexibility index (Phi) is 3.39. The van der Waals surface area contributed by atoms with Gasteiger partial charge in [0.1, 0.15) is 5.82 Å². The minimum absolute atomic E-state index is 0.365. The van der Waals surface area contributed by atoms with Gasteiger partial charge in [0.05, 0.1) is 11.4 Å². The Morgan fingerprint density at radius 3 is 2.65 bits per heavy atom. The van der Waals surface area contributed by atoms with Crippen molar-refractivity contribution in [1.82, 2.24) is 24.5 Å². The highest BCUT2D eigenvalue weighted by molar-refractivity contribution is 7.71. The highest BCUT2D eigenvalue weighted by Gasteiger charge is 2.43. The van der Waals surface area contributed by atoms with E-state index >= 15 is 0 Å². The van der Waals surface area contributed by atoms with E-state index in [1.807, 2.05) is 36.9 Å². The molecular formula is C16H16ClN5S. The van der Waals surface area contributed by atoms with Gasteiger partial charge in [0.25, 0.3) is 0 Å². The Morgan fingerprint density at radius 2 is 2.00 bits per heavy atom. The van der Waals surface area contributed by atoms with Crippen molar-refractivity contribution in [3.8, 4) is 5.69 Å². The van der Waals surface area contributed by atoms with E-state index < -0.39 is 0 Å². The molecule has 0 amide bonds. The first-order chi connectivity index (χ1) is 11.0. The lowest BCUT2D eigenvalue weighted by Gasteiger charge is -2.05. The van der Waals surface area contributed by atoms with E-state index in [4.69, 9.17) is 23.8 Å². The molecule has 7 heteroatoms. The van der Waals surface area contributed by atoms with Crippen LogP contribution in [0.3, 0.4) is 0 Å². The second-order valence-corrected chi connectivity index (χ2v) is 6.82. The third-order valence-corrected chi connectivity index (χ3v) is 4.87. The molecule has 5 nitrogen and oxygen atoms in total. The van der Waals surface area contributed by atoms with E-state index in [-0.39, 0.29) is 0 Å². The number of nitrogens with zero attached hydrogens (tertiary/aromatic N) is 4. The van der Waals surface area contributed by atoms with Gasteiger partial charge in [-0.3, -0.25) is 14.3 Å². The summed E-state index contributed by atoms with van der Waals surface area (Å²) in [4.78, 5) is 0. The minimum atomic E-state index is 0.365. The molecule has 4 rings (SSSR count). The van der Waals surface area contributed by atoms with Crippen LogP contribution in [0.5, 0.6) is 0 Å². The summed E-state index contributed by atoms with van der Waals surface area (Å²) in [6.45, 7) is 1.98. The van der Waals surface area contributed by atoms with Crippen molar-refractivity contribution in [3.05, 3.63) is 57.3 Å². The van der Waals surface area contributed by atoms with Crippen LogP contribution in [0.1, 0.15) is 35.3 Å². The molecule has 1 N–H and O–H groups in total. The molecular weight excluding hydrogens is 330 g/mol. The van der Waals surface area contributed by atoms with Crippen molar-refractivity contribution < 1.29 is 0 Å². The molecule has 2 atom stereocenters. The van der Waals surface area contributed by atoms with Crippen molar-refractivity contribution in [2.75, 3.05) is 0 Å². The molecule has 2 aromatic heterocycles. The van der Waals surface area contributed by atoms with E-state index in [1.165, 1.54) is 5.56 Å². The maximum absolute atomic E-state index is 5.97. The fourth-order valence-electron chi connectivity index (χ4n) is 3.16. The molecule has 0 saturated heterocycles. The summed E-state index contributed by atoms with van der Waals surface area (Å²) >= 11 is 11.4. The number of halogens is 1. The molecule has 1 aliphatic carbocycles. The van der Waals surface area contributed by atoms with Crippen LogP contribution in [-0.4, -0.2) is 24.5 Å². The lowest BCUT2D eigenvalue weighted by Crippen LogP contribution is -2.01. The number of aromatic amines is 1. The van der Waals surface area contributed by atoms with Crippen molar-refractivity contribution in [2.24, 2.45) is 7.05 Å². The Bertz CT molecular complexity index is 921. The van der Waals surface area contributed by atoms with Crippen molar-refractivity contribution in [1.29, 1.82) is 0 Å². The number of aryl methyl sites for hydroxylation is 2. The zero-order valence-electron chi connectivity index (χ0n) is 12.8. The molecule has 1 aliphatic rings. The second kappa shape index (κ2) is 5.32. The summed E-state index contributed by atoms with van der Waals surface area (Å²) in [5, 5.41) is 12.6. The number of hydrogen-bond donors (Lipinski definition) is 1.